The molecule has 0 aliphatic heterocycles. The summed E-state index contributed by atoms with van der Waals surface area (Å²) in [6.45, 7) is 11.5. The van der Waals surface area contributed by atoms with Crippen LogP contribution in [0.15, 0.2) is 0 Å². The maximum absolute atomic E-state index is 13.0. The Bertz CT molecular complexity index is 828. The van der Waals surface area contributed by atoms with Crippen molar-refractivity contribution in [2.75, 3.05) is 33.9 Å². The van der Waals surface area contributed by atoms with Gasteiger partial charge in [0.15, 0.2) is 0 Å². The molecule has 0 fully saturated rings. The van der Waals surface area contributed by atoms with Gasteiger partial charge in [-0.2, -0.15) is 0 Å². The van der Waals surface area contributed by atoms with Crippen molar-refractivity contribution in [1.29, 1.82) is 0 Å². The molecular formula is C56H111NO4. The molecule has 61 heavy (non-hydrogen) atoms. The summed E-state index contributed by atoms with van der Waals surface area (Å²) in [5.74, 6) is 1.31. The average Bonchev–Trinajstić information content (AvgIpc) is 3.25. The first kappa shape index (κ1) is 59.9. The number of nitrogens with zero attached hydrogens (tertiary/aromatic N) is 1. The predicted molar refractivity (Wildman–Crippen MR) is 268 cm³/mol. The number of rotatable bonds is 50. The van der Waals surface area contributed by atoms with E-state index in [1.54, 1.807) is 0 Å². The van der Waals surface area contributed by atoms with Gasteiger partial charge in [0.2, 0.25) is 0 Å². The molecule has 0 aliphatic rings. The third-order valence-corrected chi connectivity index (χ3v) is 13.5. The van der Waals surface area contributed by atoms with Gasteiger partial charge in [-0.3, -0.25) is 9.59 Å². The van der Waals surface area contributed by atoms with E-state index >= 15 is 0 Å². The van der Waals surface area contributed by atoms with Gasteiger partial charge < -0.3 is 14.4 Å². The molecule has 0 aromatic rings. The Morgan fingerprint density at radius 2 is 0.574 bits per heavy atom. The van der Waals surface area contributed by atoms with Gasteiger partial charge in [0.1, 0.15) is 0 Å². The lowest BCUT2D eigenvalue weighted by Crippen LogP contribution is -2.18. The number of esters is 2. The average molecular weight is 863 g/mol. The van der Waals surface area contributed by atoms with Gasteiger partial charge in [0.05, 0.1) is 25.0 Å². The van der Waals surface area contributed by atoms with E-state index in [2.05, 4.69) is 46.7 Å². The second-order valence-corrected chi connectivity index (χ2v) is 19.9. The molecule has 2 unspecified atom stereocenters. The van der Waals surface area contributed by atoms with Gasteiger partial charge in [0.25, 0.3) is 0 Å². The van der Waals surface area contributed by atoms with Gasteiger partial charge >= 0.3 is 11.9 Å². The van der Waals surface area contributed by atoms with Crippen LogP contribution in [0.3, 0.4) is 0 Å². The molecule has 364 valence electrons. The zero-order chi connectivity index (χ0) is 44.7. The third kappa shape index (κ3) is 42.6. The van der Waals surface area contributed by atoms with E-state index in [0.29, 0.717) is 13.2 Å². The summed E-state index contributed by atoms with van der Waals surface area (Å²) in [6, 6.07) is 0. The fourth-order valence-electron chi connectivity index (χ4n) is 9.29. The third-order valence-electron chi connectivity index (χ3n) is 13.5. The first-order valence-corrected chi connectivity index (χ1v) is 27.9. The van der Waals surface area contributed by atoms with Crippen molar-refractivity contribution in [2.45, 2.75) is 297 Å². The Labute approximate surface area is 383 Å². The monoisotopic (exact) mass is 862 g/mol. The molecule has 0 radical (unpaired) electrons. The molecule has 0 rings (SSSR count). The van der Waals surface area contributed by atoms with Gasteiger partial charge in [0, 0.05) is 0 Å². The maximum Gasteiger partial charge on any atom is 0.308 e. The minimum absolute atomic E-state index is 0.0894. The quantitative estimate of drug-likeness (QED) is 0.0450. The summed E-state index contributed by atoms with van der Waals surface area (Å²) < 4.78 is 11.7. The fourth-order valence-corrected chi connectivity index (χ4v) is 9.29. The van der Waals surface area contributed by atoms with Crippen molar-refractivity contribution in [3.8, 4) is 0 Å². The summed E-state index contributed by atoms with van der Waals surface area (Å²) >= 11 is 0. The zero-order valence-electron chi connectivity index (χ0n) is 42.6. The minimum atomic E-state index is 0.0894. The molecule has 5 heteroatoms. The Hall–Kier alpha value is -1.10. The largest absolute Gasteiger partial charge is 0.465 e. The number of carbonyl (C=O) groups is 2. The molecule has 0 bridgehead atoms. The maximum atomic E-state index is 13.0. The van der Waals surface area contributed by atoms with Crippen LogP contribution < -0.4 is 0 Å². The van der Waals surface area contributed by atoms with E-state index in [-0.39, 0.29) is 23.8 Å². The lowest BCUT2D eigenvalue weighted by Gasteiger charge is -2.18. The van der Waals surface area contributed by atoms with E-state index in [1.807, 2.05) is 0 Å². The molecule has 0 aliphatic carbocycles. The second kappa shape index (κ2) is 48.4. The van der Waals surface area contributed by atoms with E-state index < -0.39 is 0 Å². The molecule has 2 atom stereocenters. The number of ether oxygens (including phenoxy) is 2. The van der Waals surface area contributed by atoms with E-state index in [1.165, 1.54) is 238 Å². The molecule has 0 amide bonds. The van der Waals surface area contributed by atoms with Crippen molar-refractivity contribution >= 4 is 11.9 Å². The number of hydrogen-bond donors (Lipinski definition) is 0. The highest BCUT2D eigenvalue weighted by Gasteiger charge is 2.20. The van der Waals surface area contributed by atoms with Crippen LogP contribution in [0.1, 0.15) is 297 Å². The summed E-state index contributed by atoms with van der Waals surface area (Å²) in [4.78, 5) is 28.3. The normalized spacial score (nSPS) is 13.2. The number of unbranched alkanes of at least 4 members (excludes halogenated alkanes) is 28. The first-order valence-electron chi connectivity index (χ1n) is 27.9. The smallest absolute Gasteiger partial charge is 0.308 e. The number of carbonyl (C=O) groups excluding carboxylic acids is 2. The van der Waals surface area contributed by atoms with Crippen LogP contribution in [0.5, 0.6) is 0 Å². The highest BCUT2D eigenvalue weighted by Crippen LogP contribution is 2.25. The summed E-state index contributed by atoms with van der Waals surface area (Å²) in [6.07, 6.45) is 52.7. The van der Waals surface area contributed by atoms with Crippen molar-refractivity contribution in [3.63, 3.8) is 0 Å². The highest BCUT2D eigenvalue weighted by atomic mass is 16.5. The van der Waals surface area contributed by atoms with Crippen molar-refractivity contribution in [1.82, 2.24) is 4.90 Å². The summed E-state index contributed by atoms with van der Waals surface area (Å²) in [5.41, 5.74) is 0. The van der Waals surface area contributed by atoms with Gasteiger partial charge in [-0.1, -0.05) is 246 Å². The molecule has 0 aromatic heterocycles. The van der Waals surface area contributed by atoms with Gasteiger partial charge in [-0.25, -0.2) is 0 Å². The molecule has 0 heterocycles. The minimum Gasteiger partial charge on any atom is -0.465 e. The molecule has 5 nitrogen and oxygen atoms in total. The van der Waals surface area contributed by atoms with Gasteiger partial charge in [-0.05, 0) is 77.9 Å². The van der Waals surface area contributed by atoms with Crippen LogP contribution in [0.4, 0.5) is 0 Å². The first-order chi connectivity index (χ1) is 29.9. The van der Waals surface area contributed by atoms with Crippen LogP contribution in [0.2, 0.25) is 0 Å². The summed E-state index contributed by atoms with van der Waals surface area (Å²) in [5, 5.41) is 0. The van der Waals surface area contributed by atoms with Crippen LogP contribution in [-0.4, -0.2) is 50.7 Å². The predicted octanol–water partition coefficient (Wildman–Crippen LogP) is 17.9. The fraction of sp³-hybridized carbons (Fsp3) is 0.964. The Kier molecular flexibility index (Phi) is 47.5. The Morgan fingerprint density at radius 3 is 0.885 bits per heavy atom. The SMILES string of the molecule is CCCCCCCCC(CCCCCC)C(=O)OCCCCCCCCCC(CCCCCCCCCOC(=O)C(CCCCCC)CCCCCCCC)CCCN(C)C. The van der Waals surface area contributed by atoms with Crippen LogP contribution >= 0.6 is 0 Å². The Balaban J connectivity index is 4.20. The molecule has 0 saturated heterocycles. The van der Waals surface area contributed by atoms with Crippen LogP contribution in [0, 0.1) is 17.8 Å². The lowest BCUT2D eigenvalue weighted by atomic mass is 9.90. The molecule has 0 N–H and O–H groups in total. The molecule has 0 saturated carbocycles. The summed E-state index contributed by atoms with van der Waals surface area (Å²) in [7, 11) is 4.41. The lowest BCUT2D eigenvalue weighted by molar-refractivity contribution is -0.150. The van der Waals surface area contributed by atoms with E-state index in [9.17, 15) is 9.59 Å². The second-order valence-electron chi connectivity index (χ2n) is 19.9. The van der Waals surface area contributed by atoms with Crippen molar-refractivity contribution in [2.24, 2.45) is 17.8 Å². The van der Waals surface area contributed by atoms with E-state index in [4.69, 9.17) is 9.47 Å². The number of hydrogen-bond acceptors (Lipinski definition) is 5. The highest BCUT2D eigenvalue weighted by molar-refractivity contribution is 5.72. The van der Waals surface area contributed by atoms with Gasteiger partial charge in [-0.15, -0.1) is 0 Å². The standard InChI is InChI=1S/C56H111NO4/c1-7-11-15-19-29-37-47-53(45-35-17-13-9-3)55(58)60-50-39-31-25-21-23-27-33-42-52(44-41-49-57(5)6)43-34-28-24-22-26-32-40-51-61-56(59)54(46-36-18-14-10-4)48-38-30-20-16-12-8-2/h52-54H,7-51H2,1-6H3. The topological polar surface area (TPSA) is 55.8 Å². The van der Waals surface area contributed by atoms with Crippen molar-refractivity contribution in [3.05, 3.63) is 0 Å². The molecule has 0 aromatic carbocycles. The zero-order valence-corrected chi connectivity index (χ0v) is 42.6. The molecular weight excluding hydrogens is 751 g/mol. The molecule has 0 spiro atoms. The van der Waals surface area contributed by atoms with Crippen LogP contribution in [0.25, 0.3) is 0 Å². The van der Waals surface area contributed by atoms with E-state index in [0.717, 1.165) is 44.4 Å². The Morgan fingerprint density at radius 1 is 0.328 bits per heavy atom. The van der Waals surface area contributed by atoms with Crippen molar-refractivity contribution < 1.29 is 19.1 Å². The van der Waals surface area contributed by atoms with Crippen LogP contribution in [-0.2, 0) is 19.1 Å².